The van der Waals surface area contributed by atoms with Crippen molar-refractivity contribution in [2.24, 2.45) is 0 Å². The van der Waals surface area contributed by atoms with Crippen molar-refractivity contribution in [2.75, 3.05) is 5.32 Å². The summed E-state index contributed by atoms with van der Waals surface area (Å²) in [7, 11) is 0. The summed E-state index contributed by atoms with van der Waals surface area (Å²) in [5.74, 6) is 0.596. The topological polar surface area (TPSA) is 88.1 Å². The zero-order valence-corrected chi connectivity index (χ0v) is 14.6. The zero-order chi connectivity index (χ0) is 18.6. The summed E-state index contributed by atoms with van der Waals surface area (Å²) < 4.78 is 11.0. The van der Waals surface area contributed by atoms with E-state index >= 15 is 0 Å². The van der Waals surface area contributed by atoms with Gasteiger partial charge in [-0.25, -0.2) is 9.78 Å². The maximum atomic E-state index is 12.3. The van der Waals surface area contributed by atoms with Gasteiger partial charge in [0.15, 0.2) is 0 Å². The number of rotatable bonds is 3. The van der Waals surface area contributed by atoms with E-state index in [0.29, 0.717) is 17.0 Å². The molecule has 3 aromatic rings. The fraction of sp³-hybridized carbons (Fsp3) is 0.190. The number of nitrogens with one attached hydrogen (secondary N) is 1. The Morgan fingerprint density at radius 2 is 1.96 bits per heavy atom. The van der Waals surface area contributed by atoms with Gasteiger partial charge < -0.3 is 9.15 Å². The van der Waals surface area contributed by atoms with Crippen LogP contribution in [0.3, 0.4) is 0 Å². The van der Waals surface area contributed by atoms with Crippen LogP contribution in [0.2, 0.25) is 0 Å². The molecule has 4 rings (SSSR count). The van der Waals surface area contributed by atoms with E-state index < -0.39 is 6.09 Å². The van der Waals surface area contributed by atoms with Gasteiger partial charge >= 0.3 is 6.09 Å². The summed E-state index contributed by atoms with van der Waals surface area (Å²) in [6.07, 6.45) is 4.52. The number of amides is 1. The Hall–Kier alpha value is -3.59. The molecule has 0 unspecified atom stereocenters. The largest absolute Gasteiger partial charge is 0.464 e. The lowest BCUT2D eigenvalue weighted by Crippen LogP contribution is -2.19. The van der Waals surface area contributed by atoms with Crippen LogP contribution < -0.4 is 10.1 Å². The van der Waals surface area contributed by atoms with Crippen molar-refractivity contribution >= 4 is 11.8 Å². The molecule has 2 aromatic heterocycles. The first-order chi connectivity index (χ1) is 13.3. The molecule has 0 saturated heterocycles. The Morgan fingerprint density at radius 3 is 2.70 bits per heavy atom. The van der Waals surface area contributed by atoms with Gasteiger partial charge in [-0.1, -0.05) is 18.2 Å². The first kappa shape index (κ1) is 16.9. The second-order valence-electron chi connectivity index (χ2n) is 6.27. The van der Waals surface area contributed by atoms with Gasteiger partial charge in [-0.2, -0.15) is 5.26 Å². The quantitative estimate of drug-likeness (QED) is 0.732. The first-order valence-corrected chi connectivity index (χ1v) is 8.80. The molecule has 27 heavy (non-hydrogen) atoms. The normalized spacial score (nSPS) is 12.7. The molecule has 6 heteroatoms. The van der Waals surface area contributed by atoms with Crippen LogP contribution in [0.4, 0.5) is 10.5 Å². The number of aromatic nitrogens is 1. The van der Waals surface area contributed by atoms with Crippen LogP contribution in [0.5, 0.6) is 5.88 Å². The van der Waals surface area contributed by atoms with E-state index in [0.717, 1.165) is 36.9 Å². The number of para-hydroxylation sites is 1. The molecule has 0 fully saturated rings. The molecule has 2 heterocycles. The van der Waals surface area contributed by atoms with E-state index in [4.69, 9.17) is 9.15 Å². The molecular weight excluding hydrogens is 342 g/mol. The molecule has 0 aliphatic heterocycles. The maximum absolute atomic E-state index is 12.3. The fourth-order valence-electron chi connectivity index (χ4n) is 3.34. The van der Waals surface area contributed by atoms with Gasteiger partial charge in [0.2, 0.25) is 5.88 Å². The van der Waals surface area contributed by atoms with Gasteiger partial charge in [0.1, 0.15) is 17.4 Å². The average Bonchev–Trinajstić information content (AvgIpc) is 3.22. The van der Waals surface area contributed by atoms with Crippen LogP contribution in [0.15, 0.2) is 53.1 Å². The minimum absolute atomic E-state index is 0.0120. The van der Waals surface area contributed by atoms with Crippen molar-refractivity contribution in [3.8, 4) is 23.3 Å². The van der Waals surface area contributed by atoms with Crippen molar-refractivity contribution in [1.82, 2.24) is 4.98 Å². The van der Waals surface area contributed by atoms with Crippen molar-refractivity contribution in [3.05, 3.63) is 65.5 Å². The number of hydrogen-bond acceptors (Lipinski definition) is 5. The number of nitrogens with zero attached hydrogens (tertiary/aromatic N) is 2. The second-order valence-corrected chi connectivity index (χ2v) is 6.27. The Labute approximate surface area is 156 Å². The van der Waals surface area contributed by atoms with Gasteiger partial charge in [0.05, 0.1) is 6.26 Å². The third-order valence-corrected chi connectivity index (χ3v) is 4.53. The minimum atomic E-state index is -0.689. The molecule has 0 radical (unpaired) electrons. The lowest BCUT2D eigenvalue weighted by atomic mass is 9.89. The summed E-state index contributed by atoms with van der Waals surface area (Å²) in [6, 6.07) is 14.7. The molecule has 1 aromatic carbocycles. The number of nitriles is 1. The number of carbonyl (C=O) groups excluding carboxylic acids is 1. The first-order valence-electron chi connectivity index (χ1n) is 8.80. The van der Waals surface area contributed by atoms with Crippen molar-refractivity contribution in [3.63, 3.8) is 0 Å². The number of ether oxygens (including phenoxy) is 1. The van der Waals surface area contributed by atoms with Gasteiger partial charge in [0.25, 0.3) is 0 Å². The van der Waals surface area contributed by atoms with Gasteiger partial charge in [-0.05, 0) is 55.5 Å². The van der Waals surface area contributed by atoms with Gasteiger partial charge in [0, 0.05) is 16.9 Å². The van der Waals surface area contributed by atoms with Gasteiger partial charge in [-0.15, -0.1) is 0 Å². The van der Waals surface area contributed by atoms with Crippen LogP contribution in [0.25, 0.3) is 11.3 Å². The third kappa shape index (κ3) is 3.40. The molecule has 0 bridgehead atoms. The standard InChI is InChI=1S/C21H17N3O3/c22-13-16-19(18-11-6-12-26-18)15-9-4-5-10-17(15)24-20(16)27-21(25)23-14-7-2-1-3-8-14/h1-3,6-8,11-12H,4-5,9-10H2,(H,23,25). The van der Waals surface area contributed by atoms with Crippen LogP contribution in [0, 0.1) is 11.3 Å². The molecule has 1 amide bonds. The number of carbonyl (C=O) groups is 1. The highest BCUT2D eigenvalue weighted by molar-refractivity contribution is 5.87. The molecule has 0 atom stereocenters. The monoisotopic (exact) mass is 359 g/mol. The van der Waals surface area contributed by atoms with Crippen molar-refractivity contribution in [1.29, 1.82) is 5.26 Å². The van der Waals surface area contributed by atoms with Crippen molar-refractivity contribution < 1.29 is 13.9 Å². The molecule has 6 nitrogen and oxygen atoms in total. The molecule has 1 aliphatic rings. The van der Waals surface area contributed by atoms with Crippen LogP contribution >= 0.6 is 0 Å². The number of pyridine rings is 1. The van der Waals surface area contributed by atoms with E-state index in [9.17, 15) is 10.1 Å². The highest BCUT2D eigenvalue weighted by Crippen LogP contribution is 2.37. The average molecular weight is 359 g/mol. The number of hydrogen-bond donors (Lipinski definition) is 1. The predicted molar refractivity (Wildman–Crippen MR) is 99.4 cm³/mol. The lowest BCUT2D eigenvalue weighted by Gasteiger charge is -2.20. The lowest BCUT2D eigenvalue weighted by molar-refractivity contribution is 0.213. The maximum Gasteiger partial charge on any atom is 0.418 e. The Bertz CT molecular complexity index is 1010. The van der Waals surface area contributed by atoms with Crippen molar-refractivity contribution in [2.45, 2.75) is 25.7 Å². The number of furan rings is 1. The van der Waals surface area contributed by atoms with E-state index in [1.54, 1.807) is 30.5 Å². The summed E-state index contributed by atoms with van der Waals surface area (Å²) in [4.78, 5) is 16.8. The highest BCUT2D eigenvalue weighted by atomic mass is 16.6. The smallest absolute Gasteiger partial charge is 0.418 e. The molecule has 0 saturated carbocycles. The van der Waals surface area contributed by atoms with E-state index in [1.165, 1.54) is 0 Å². The summed E-state index contributed by atoms with van der Waals surface area (Å²) in [5, 5.41) is 12.4. The predicted octanol–water partition coefficient (Wildman–Crippen LogP) is 4.70. The third-order valence-electron chi connectivity index (χ3n) is 4.53. The van der Waals surface area contributed by atoms with E-state index in [2.05, 4.69) is 16.4 Å². The summed E-state index contributed by atoms with van der Waals surface area (Å²) in [6.45, 7) is 0. The number of benzene rings is 1. The van der Waals surface area contributed by atoms with Gasteiger partial charge in [-0.3, -0.25) is 5.32 Å². The molecule has 1 N–H and O–H groups in total. The zero-order valence-electron chi connectivity index (χ0n) is 14.6. The summed E-state index contributed by atoms with van der Waals surface area (Å²) in [5.41, 5.74) is 3.35. The van der Waals surface area contributed by atoms with E-state index in [-0.39, 0.29) is 11.4 Å². The SMILES string of the molecule is N#Cc1c(OC(=O)Nc2ccccc2)nc2c(c1-c1ccco1)CCCC2. The Kier molecular flexibility index (Phi) is 4.58. The highest BCUT2D eigenvalue weighted by Gasteiger charge is 2.26. The molecule has 134 valence electrons. The fourth-order valence-corrected chi connectivity index (χ4v) is 3.34. The van der Waals surface area contributed by atoms with E-state index in [1.807, 2.05) is 18.2 Å². The Balaban J connectivity index is 1.73. The number of fused-ring (bicyclic) bond motifs is 1. The Morgan fingerprint density at radius 1 is 1.15 bits per heavy atom. The molecule has 1 aliphatic carbocycles. The molecular formula is C21H17N3O3. The number of aryl methyl sites for hydroxylation is 1. The molecule has 0 spiro atoms. The van der Waals surface area contributed by atoms with Crippen LogP contribution in [-0.2, 0) is 12.8 Å². The van der Waals surface area contributed by atoms with Crippen LogP contribution in [0.1, 0.15) is 29.7 Å². The summed E-state index contributed by atoms with van der Waals surface area (Å²) >= 11 is 0. The second kappa shape index (κ2) is 7.34. The minimum Gasteiger partial charge on any atom is -0.464 e. The number of anilines is 1. The van der Waals surface area contributed by atoms with Crippen LogP contribution in [-0.4, -0.2) is 11.1 Å².